The van der Waals surface area contributed by atoms with Crippen LogP contribution in [0.4, 0.5) is 0 Å². The molecule has 0 aliphatic carbocycles. The second-order valence-electron chi connectivity index (χ2n) is 5.56. The molecule has 1 unspecified atom stereocenters. The number of aryl methyl sites for hydroxylation is 1. The molecule has 2 aromatic rings. The summed E-state index contributed by atoms with van der Waals surface area (Å²) in [5.74, 6) is 1.52. The molecule has 0 amide bonds. The van der Waals surface area contributed by atoms with E-state index in [0.717, 1.165) is 22.8 Å². The summed E-state index contributed by atoms with van der Waals surface area (Å²) < 4.78 is 11.1. The van der Waals surface area contributed by atoms with E-state index >= 15 is 0 Å². The zero-order chi connectivity index (χ0) is 18.2. The Balaban J connectivity index is 2.21. The summed E-state index contributed by atoms with van der Waals surface area (Å²) in [5.41, 5.74) is 6.62. The first-order valence-electron chi connectivity index (χ1n) is 7.98. The molecule has 2 atom stereocenters. The van der Waals surface area contributed by atoms with Crippen LogP contribution in [-0.2, 0) is 11.2 Å². The quantitative estimate of drug-likeness (QED) is 0.594. The van der Waals surface area contributed by atoms with Crippen molar-refractivity contribution >= 4 is 17.7 Å². The van der Waals surface area contributed by atoms with Crippen LogP contribution in [0.15, 0.2) is 40.8 Å². The highest BCUT2D eigenvalue weighted by atomic mass is 32.2. The highest BCUT2D eigenvalue weighted by molar-refractivity contribution is 7.99. The predicted molar refractivity (Wildman–Crippen MR) is 97.0 cm³/mol. The van der Waals surface area contributed by atoms with Crippen LogP contribution < -0.4 is 10.5 Å². The number of thioether (sulfide) groups is 1. The number of aliphatic hydroxyl groups is 1. The molecule has 0 bridgehead atoms. The average molecular weight is 365 g/mol. The van der Waals surface area contributed by atoms with Gasteiger partial charge in [0.2, 0.25) is 0 Å². The lowest BCUT2D eigenvalue weighted by molar-refractivity contribution is -0.137. The number of hydrogen-bond donors (Lipinski definition) is 3. The van der Waals surface area contributed by atoms with Crippen LogP contribution >= 0.6 is 11.8 Å². The van der Waals surface area contributed by atoms with Gasteiger partial charge in [0.15, 0.2) is 0 Å². The molecule has 1 heterocycles. The highest BCUT2D eigenvalue weighted by Gasteiger charge is 2.22. The van der Waals surface area contributed by atoms with Crippen LogP contribution in [0.25, 0.3) is 0 Å². The molecule has 25 heavy (non-hydrogen) atoms. The Hall–Kier alpha value is -1.96. The molecule has 0 spiro atoms. The first-order valence-corrected chi connectivity index (χ1v) is 9.03. The Kier molecular flexibility index (Phi) is 7.36. The van der Waals surface area contributed by atoms with E-state index in [1.54, 1.807) is 7.11 Å². The van der Waals surface area contributed by atoms with Crippen molar-refractivity contribution in [3.8, 4) is 5.75 Å². The SMILES string of the molecule is COc1ccc(C(SC[C@H](N)C(=O)O)c2ccc(CCCO)o2)cc1. The minimum atomic E-state index is -1.02. The van der Waals surface area contributed by atoms with E-state index in [-0.39, 0.29) is 17.6 Å². The van der Waals surface area contributed by atoms with Gasteiger partial charge in [0.05, 0.1) is 12.4 Å². The molecule has 6 nitrogen and oxygen atoms in total. The lowest BCUT2D eigenvalue weighted by atomic mass is 10.1. The molecule has 136 valence electrons. The van der Waals surface area contributed by atoms with Crippen molar-refractivity contribution in [2.75, 3.05) is 19.5 Å². The molecule has 7 heteroatoms. The molecular formula is C18H23NO5S. The van der Waals surface area contributed by atoms with E-state index in [9.17, 15) is 4.79 Å². The summed E-state index contributed by atoms with van der Waals surface area (Å²) in [6.45, 7) is 0.111. The number of aliphatic hydroxyl groups excluding tert-OH is 1. The minimum absolute atomic E-state index is 0.111. The fraction of sp³-hybridized carbons (Fsp3) is 0.389. The maximum Gasteiger partial charge on any atom is 0.321 e. The Morgan fingerprint density at radius 1 is 1.28 bits per heavy atom. The van der Waals surface area contributed by atoms with Gasteiger partial charge in [-0.05, 0) is 36.2 Å². The number of rotatable bonds is 10. The van der Waals surface area contributed by atoms with Gasteiger partial charge in [-0.3, -0.25) is 4.79 Å². The number of hydrogen-bond acceptors (Lipinski definition) is 6. The van der Waals surface area contributed by atoms with Gasteiger partial charge in [-0.1, -0.05) is 12.1 Å². The first-order chi connectivity index (χ1) is 12.0. The zero-order valence-electron chi connectivity index (χ0n) is 14.1. The number of aliphatic carboxylic acids is 1. The Bertz CT molecular complexity index is 670. The molecule has 1 aromatic carbocycles. The lowest BCUT2D eigenvalue weighted by Gasteiger charge is -2.17. The van der Waals surface area contributed by atoms with Crippen LogP contribution in [0.1, 0.15) is 28.8 Å². The van der Waals surface area contributed by atoms with E-state index in [0.29, 0.717) is 12.8 Å². The zero-order valence-corrected chi connectivity index (χ0v) is 14.9. The summed E-state index contributed by atoms with van der Waals surface area (Å²) in [4.78, 5) is 11.0. The summed E-state index contributed by atoms with van der Waals surface area (Å²) in [5, 5.41) is 17.8. The van der Waals surface area contributed by atoms with Crippen molar-refractivity contribution in [3.63, 3.8) is 0 Å². The first kappa shape index (κ1) is 19.4. The van der Waals surface area contributed by atoms with E-state index in [2.05, 4.69) is 0 Å². The molecule has 0 saturated heterocycles. The monoisotopic (exact) mass is 365 g/mol. The van der Waals surface area contributed by atoms with Crippen LogP contribution in [0.5, 0.6) is 5.75 Å². The molecule has 0 aliphatic rings. The molecule has 1 aromatic heterocycles. The Morgan fingerprint density at radius 2 is 2.00 bits per heavy atom. The van der Waals surface area contributed by atoms with Gasteiger partial charge in [-0.2, -0.15) is 0 Å². The van der Waals surface area contributed by atoms with Crippen LogP contribution in [0.2, 0.25) is 0 Å². The van der Waals surface area contributed by atoms with Crippen molar-refractivity contribution in [2.24, 2.45) is 5.73 Å². The maximum atomic E-state index is 11.0. The van der Waals surface area contributed by atoms with Crippen molar-refractivity contribution < 1.29 is 24.2 Å². The van der Waals surface area contributed by atoms with Crippen LogP contribution in [0, 0.1) is 0 Å². The number of carboxylic acid groups (broad SMARTS) is 1. The second kappa shape index (κ2) is 9.50. The number of furan rings is 1. The van der Waals surface area contributed by atoms with Crippen LogP contribution in [0.3, 0.4) is 0 Å². The highest BCUT2D eigenvalue weighted by Crippen LogP contribution is 2.37. The number of nitrogens with two attached hydrogens (primary N) is 1. The summed E-state index contributed by atoms with van der Waals surface area (Å²) in [7, 11) is 1.60. The summed E-state index contributed by atoms with van der Waals surface area (Å²) in [6.07, 6.45) is 1.29. The second-order valence-corrected chi connectivity index (χ2v) is 6.70. The molecule has 2 rings (SSSR count). The van der Waals surface area contributed by atoms with Gasteiger partial charge in [0.1, 0.15) is 23.3 Å². The summed E-state index contributed by atoms with van der Waals surface area (Å²) in [6, 6.07) is 10.4. The number of carbonyl (C=O) groups is 1. The number of carboxylic acids is 1. The van der Waals surface area contributed by atoms with Gasteiger partial charge >= 0.3 is 5.97 Å². The fourth-order valence-corrected chi connectivity index (χ4v) is 3.50. The smallest absolute Gasteiger partial charge is 0.321 e. The third-order valence-electron chi connectivity index (χ3n) is 3.70. The van der Waals surface area contributed by atoms with Crippen molar-refractivity contribution in [1.29, 1.82) is 0 Å². The van der Waals surface area contributed by atoms with Crippen LogP contribution in [-0.4, -0.2) is 41.7 Å². The number of methoxy groups -OCH3 is 1. The van der Waals surface area contributed by atoms with E-state index in [1.165, 1.54) is 11.8 Å². The average Bonchev–Trinajstić information content (AvgIpc) is 3.09. The minimum Gasteiger partial charge on any atom is -0.497 e. The molecule has 0 fully saturated rings. The predicted octanol–water partition coefficient (Wildman–Crippen LogP) is 2.45. The third kappa shape index (κ3) is 5.52. The van der Waals surface area contributed by atoms with E-state index in [4.69, 9.17) is 25.1 Å². The normalized spacial score (nSPS) is 13.4. The van der Waals surface area contributed by atoms with Crippen molar-refractivity contribution in [3.05, 3.63) is 53.5 Å². The maximum absolute atomic E-state index is 11.0. The van der Waals surface area contributed by atoms with Crippen molar-refractivity contribution in [2.45, 2.75) is 24.1 Å². The van der Waals surface area contributed by atoms with Gasteiger partial charge < -0.3 is 25.1 Å². The molecule has 0 saturated carbocycles. The van der Waals surface area contributed by atoms with Gasteiger partial charge in [-0.15, -0.1) is 11.8 Å². The lowest BCUT2D eigenvalue weighted by Crippen LogP contribution is -2.32. The van der Waals surface area contributed by atoms with Gasteiger partial charge in [0.25, 0.3) is 0 Å². The third-order valence-corrected chi connectivity index (χ3v) is 5.09. The molecule has 4 N–H and O–H groups in total. The molecule has 0 aliphatic heterocycles. The standard InChI is InChI=1S/C18H23NO5S/c1-23-13-6-4-12(5-7-13)17(25-11-15(19)18(21)22)16-9-8-14(24-16)3-2-10-20/h4-9,15,17,20H,2-3,10-11,19H2,1H3,(H,21,22)/t15-,17?/m0/s1. The summed E-state index contributed by atoms with van der Waals surface area (Å²) >= 11 is 1.43. The molecule has 0 radical (unpaired) electrons. The largest absolute Gasteiger partial charge is 0.497 e. The molecular weight excluding hydrogens is 342 g/mol. The topological polar surface area (TPSA) is 106 Å². The van der Waals surface area contributed by atoms with E-state index < -0.39 is 12.0 Å². The fourth-order valence-electron chi connectivity index (χ4n) is 2.32. The number of benzene rings is 1. The Labute approximate surface area is 151 Å². The van der Waals surface area contributed by atoms with Gasteiger partial charge in [0, 0.05) is 18.8 Å². The number of ether oxygens (including phenoxy) is 1. The van der Waals surface area contributed by atoms with Gasteiger partial charge in [-0.25, -0.2) is 0 Å². The van der Waals surface area contributed by atoms with Crippen molar-refractivity contribution in [1.82, 2.24) is 0 Å². The Morgan fingerprint density at radius 3 is 2.60 bits per heavy atom. The van der Waals surface area contributed by atoms with E-state index in [1.807, 2.05) is 36.4 Å².